The number of urea groups is 1. The molecule has 0 radical (unpaired) electrons. The maximum atomic E-state index is 12.2. The lowest BCUT2D eigenvalue weighted by atomic mass is 9.87. The van der Waals surface area contributed by atoms with Crippen LogP contribution in [0.3, 0.4) is 0 Å². The summed E-state index contributed by atoms with van der Waals surface area (Å²) in [7, 11) is 0. The Hall–Kier alpha value is -2.66. The van der Waals surface area contributed by atoms with E-state index in [0.29, 0.717) is 23.7 Å². The molecule has 0 bridgehead atoms. The van der Waals surface area contributed by atoms with Crippen LogP contribution in [0.2, 0.25) is 0 Å². The lowest BCUT2D eigenvalue weighted by Gasteiger charge is -2.30. The average Bonchev–Trinajstić information content (AvgIpc) is 2.68. The number of nitrogens with one attached hydrogen (secondary N) is 3. The van der Waals surface area contributed by atoms with Gasteiger partial charge < -0.3 is 16.0 Å². The molecule has 0 unspecified atom stereocenters. The van der Waals surface area contributed by atoms with E-state index in [-0.39, 0.29) is 17.9 Å². The normalized spacial score (nSPS) is 19.3. The Morgan fingerprint density at radius 2 is 1.93 bits per heavy atom. The van der Waals surface area contributed by atoms with Crippen LogP contribution < -0.4 is 16.0 Å². The van der Waals surface area contributed by atoms with Gasteiger partial charge in [0.05, 0.1) is 0 Å². The first-order valence-electron chi connectivity index (χ1n) is 9.53. The molecule has 0 spiro atoms. The molecule has 1 heterocycles. The fraction of sp³-hybridized carbons (Fsp3) is 0.364. The Bertz CT molecular complexity index is 776. The summed E-state index contributed by atoms with van der Waals surface area (Å²) in [5.74, 6) is 0.616. The molecule has 3 N–H and O–H groups in total. The predicted molar refractivity (Wildman–Crippen MR) is 108 cm³/mol. The quantitative estimate of drug-likeness (QED) is 0.685. The van der Waals surface area contributed by atoms with Crippen molar-refractivity contribution in [3.63, 3.8) is 0 Å². The number of piperidine rings is 1. The third-order valence-electron chi connectivity index (χ3n) is 5.01. The van der Waals surface area contributed by atoms with E-state index in [1.807, 2.05) is 6.07 Å². The highest BCUT2D eigenvalue weighted by Crippen LogP contribution is 2.21. The number of ketones is 1. The molecule has 142 valence electrons. The zero-order valence-corrected chi connectivity index (χ0v) is 15.7. The van der Waals surface area contributed by atoms with Crippen molar-refractivity contribution in [2.45, 2.75) is 32.2 Å². The Morgan fingerprint density at radius 1 is 1.11 bits per heavy atom. The zero-order valence-electron chi connectivity index (χ0n) is 15.7. The number of hydrogen-bond donors (Lipinski definition) is 3. The first kappa shape index (κ1) is 19.1. The van der Waals surface area contributed by atoms with E-state index in [1.165, 1.54) is 12.5 Å². The number of anilines is 1. The maximum Gasteiger partial charge on any atom is 0.319 e. The Balaban J connectivity index is 1.45. The van der Waals surface area contributed by atoms with Crippen molar-refractivity contribution in [3.05, 3.63) is 65.7 Å². The average molecular weight is 365 g/mol. The molecule has 2 aromatic rings. The summed E-state index contributed by atoms with van der Waals surface area (Å²) in [6.07, 6.45) is 3.30. The van der Waals surface area contributed by atoms with E-state index in [1.54, 1.807) is 24.3 Å². The number of benzene rings is 2. The van der Waals surface area contributed by atoms with Crippen LogP contribution in [0.25, 0.3) is 0 Å². The third-order valence-corrected chi connectivity index (χ3v) is 5.01. The molecule has 2 aromatic carbocycles. The molecule has 2 amide bonds. The second-order valence-corrected chi connectivity index (χ2v) is 7.20. The summed E-state index contributed by atoms with van der Waals surface area (Å²) >= 11 is 0. The van der Waals surface area contributed by atoms with Crippen LogP contribution in [0.5, 0.6) is 0 Å². The molecule has 3 rings (SSSR count). The summed E-state index contributed by atoms with van der Waals surface area (Å²) in [4.78, 5) is 23.6. The van der Waals surface area contributed by atoms with E-state index in [2.05, 4.69) is 40.2 Å². The van der Waals surface area contributed by atoms with E-state index in [0.717, 1.165) is 25.8 Å². The molecule has 5 heteroatoms. The third kappa shape index (κ3) is 5.93. The van der Waals surface area contributed by atoms with E-state index in [9.17, 15) is 9.59 Å². The minimum Gasteiger partial charge on any atom is -0.336 e. The monoisotopic (exact) mass is 365 g/mol. The van der Waals surface area contributed by atoms with Gasteiger partial charge in [-0.3, -0.25) is 4.79 Å². The first-order chi connectivity index (χ1) is 13.1. The van der Waals surface area contributed by atoms with Gasteiger partial charge in [-0.2, -0.15) is 0 Å². The maximum absolute atomic E-state index is 12.2. The van der Waals surface area contributed by atoms with E-state index >= 15 is 0 Å². The van der Waals surface area contributed by atoms with Gasteiger partial charge in [-0.15, -0.1) is 0 Å². The molecule has 0 saturated carbocycles. The van der Waals surface area contributed by atoms with Crippen LogP contribution in [0.1, 0.15) is 35.7 Å². The van der Waals surface area contributed by atoms with Gasteiger partial charge in [-0.05, 0) is 56.3 Å². The van der Waals surface area contributed by atoms with Crippen LogP contribution in [0.4, 0.5) is 10.5 Å². The Kier molecular flexibility index (Phi) is 6.60. The van der Waals surface area contributed by atoms with Crippen molar-refractivity contribution in [1.29, 1.82) is 0 Å². The molecule has 2 atom stereocenters. The molecule has 1 aliphatic rings. The fourth-order valence-electron chi connectivity index (χ4n) is 3.59. The van der Waals surface area contributed by atoms with Gasteiger partial charge in [0.15, 0.2) is 5.78 Å². The van der Waals surface area contributed by atoms with Gasteiger partial charge in [-0.25, -0.2) is 4.79 Å². The molecule has 0 aliphatic carbocycles. The van der Waals surface area contributed by atoms with E-state index in [4.69, 9.17) is 0 Å². The number of hydrogen-bond acceptors (Lipinski definition) is 3. The van der Waals surface area contributed by atoms with Crippen molar-refractivity contribution in [2.75, 3.05) is 18.4 Å². The highest BCUT2D eigenvalue weighted by atomic mass is 16.2. The molecular formula is C22H27N3O2. The van der Waals surface area contributed by atoms with Crippen LogP contribution >= 0.6 is 0 Å². The topological polar surface area (TPSA) is 70.2 Å². The summed E-state index contributed by atoms with van der Waals surface area (Å²) in [6, 6.07) is 17.6. The molecule has 0 aromatic heterocycles. The van der Waals surface area contributed by atoms with Gasteiger partial charge >= 0.3 is 6.03 Å². The van der Waals surface area contributed by atoms with Crippen LogP contribution in [0.15, 0.2) is 54.6 Å². The molecule has 5 nitrogen and oxygen atoms in total. The van der Waals surface area contributed by atoms with Crippen molar-refractivity contribution in [1.82, 2.24) is 10.6 Å². The lowest BCUT2D eigenvalue weighted by Crippen LogP contribution is -2.47. The van der Waals surface area contributed by atoms with Crippen LogP contribution in [-0.2, 0) is 6.42 Å². The van der Waals surface area contributed by atoms with Gasteiger partial charge in [0.2, 0.25) is 0 Å². The van der Waals surface area contributed by atoms with Gasteiger partial charge in [0.1, 0.15) is 0 Å². The predicted octanol–water partition coefficient (Wildman–Crippen LogP) is 3.62. The summed E-state index contributed by atoms with van der Waals surface area (Å²) in [5.41, 5.74) is 2.59. The fourth-order valence-corrected chi connectivity index (χ4v) is 3.59. The first-order valence-corrected chi connectivity index (χ1v) is 9.53. The standard InChI is InChI=1S/C22H27N3O2/c1-16(26)19-8-5-9-20(14-19)25-22(27)24-15-21-13-18(10-11-23-21)12-17-6-3-2-4-7-17/h2-9,14,18,21,23H,10-13,15H2,1H3,(H2,24,25,27)/t18-,21+/m0/s1. The smallest absolute Gasteiger partial charge is 0.319 e. The summed E-state index contributed by atoms with van der Waals surface area (Å²) in [5, 5.41) is 9.23. The van der Waals surface area contributed by atoms with Crippen molar-refractivity contribution >= 4 is 17.5 Å². The second kappa shape index (κ2) is 9.33. The number of rotatable bonds is 6. The van der Waals surface area contributed by atoms with Crippen molar-refractivity contribution in [3.8, 4) is 0 Å². The van der Waals surface area contributed by atoms with Gasteiger partial charge in [0.25, 0.3) is 0 Å². The van der Waals surface area contributed by atoms with Crippen LogP contribution in [0, 0.1) is 5.92 Å². The van der Waals surface area contributed by atoms with Crippen molar-refractivity contribution in [2.24, 2.45) is 5.92 Å². The minimum atomic E-state index is -0.248. The van der Waals surface area contributed by atoms with Crippen LogP contribution in [-0.4, -0.2) is 30.9 Å². The van der Waals surface area contributed by atoms with Gasteiger partial charge in [-0.1, -0.05) is 42.5 Å². The molecule has 1 saturated heterocycles. The minimum absolute atomic E-state index is 0.0186. The molecular weight excluding hydrogens is 338 g/mol. The highest BCUT2D eigenvalue weighted by Gasteiger charge is 2.22. The molecule has 1 fully saturated rings. The summed E-state index contributed by atoms with van der Waals surface area (Å²) in [6.45, 7) is 3.08. The Morgan fingerprint density at radius 3 is 2.70 bits per heavy atom. The highest BCUT2D eigenvalue weighted by molar-refractivity contribution is 5.96. The SMILES string of the molecule is CC(=O)c1cccc(NC(=O)NC[C@H]2C[C@H](Cc3ccccc3)CCN2)c1. The molecule has 27 heavy (non-hydrogen) atoms. The van der Waals surface area contributed by atoms with Crippen molar-refractivity contribution < 1.29 is 9.59 Å². The summed E-state index contributed by atoms with van der Waals surface area (Å²) < 4.78 is 0. The van der Waals surface area contributed by atoms with Gasteiger partial charge in [0, 0.05) is 23.8 Å². The molecule has 1 aliphatic heterocycles. The Labute approximate surface area is 160 Å². The largest absolute Gasteiger partial charge is 0.336 e. The van der Waals surface area contributed by atoms with E-state index < -0.39 is 0 Å². The zero-order chi connectivity index (χ0) is 19.1. The number of carbonyl (C=O) groups is 2. The second-order valence-electron chi connectivity index (χ2n) is 7.20. The number of amides is 2. The number of Topliss-reactive ketones (excluding diaryl/α,β-unsaturated/α-hetero) is 1. The number of carbonyl (C=O) groups excluding carboxylic acids is 2. The lowest BCUT2D eigenvalue weighted by molar-refractivity contribution is 0.101.